The molecule has 0 atom stereocenters. The number of nitrogens with one attached hydrogen (secondary N) is 1. The molecule has 0 bridgehead atoms. The van der Waals surface area contributed by atoms with Crippen molar-refractivity contribution in [1.82, 2.24) is 5.01 Å². The van der Waals surface area contributed by atoms with Crippen molar-refractivity contribution < 1.29 is 9.53 Å². The highest BCUT2D eigenvalue weighted by Crippen LogP contribution is 2.28. The minimum absolute atomic E-state index is 0.528. The summed E-state index contributed by atoms with van der Waals surface area (Å²) in [5.74, 6) is 5.60. The number of benzene rings is 2. The molecule has 2 aromatic rings. The molecule has 0 spiro atoms. The highest BCUT2D eigenvalue weighted by molar-refractivity contribution is 6.31. The van der Waals surface area contributed by atoms with E-state index < -0.39 is 0 Å². The summed E-state index contributed by atoms with van der Waals surface area (Å²) in [5, 5.41) is 4.89. The zero-order valence-corrected chi connectivity index (χ0v) is 16.1. The molecule has 0 aliphatic carbocycles. The van der Waals surface area contributed by atoms with Gasteiger partial charge in [0.2, 0.25) is 6.41 Å². The Labute approximate surface area is 154 Å². The van der Waals surface area contributed by atoms with Gasteiger partial charge in [0, 0.05) is 30.4 Å². The summed E-state index contributed by atoms with van der Waals surface area (Å²) in [6.07, 6.45) is 0.528. The average molecular weight is 364 g/mol. The maximum atomic E-state index is 9.31. The lowest BCUT2D eigenvalue weighted by Gasteiger charge is -2.15. The fraction of sp³-hybridized carbons (Fsp3) is 0.316. The van der Waals surface area contributed by atoms with Crippen LogP contribution >= 0.6 is 11.6 Å². The van der Waals surface area contributed by atoms with Crippen LogP contribution in [0.25, 0.3) is 0 Å². The molecule has 2 aromatic carbocycles. The predicted molar refractivity (Wildman–Crippen MR) is 104 cm³/mol. The summed E-state index contributed by atoms with van der Waals surface area (Å²) < 4.78 is 5.96. The third-order valence-electron chi connectivity index (χ3n) is 3.67. The maximum Gasteiger partial charge on any atom is 0.223 e. The smallest absolute Gasteiger partial charge is 0.223 e. The highest BCUT2D eigenvalue weighted by atomic mass is 35.5. The van der Waals surface area contributed by atoms with Gasteiger partial charge in [0.15, 0.2) is 0 Å². The van der Waals surface area contributed by atoms with Gasteiger partial charge in [-0.2, -0.15) is 0 Å². The first-order valence-corrected chi connectivity index (χ1v) is 8.26. The van der Waals surface area contributed by atoms with Crippen molar-refractivity contribution in [3.8, 4) is 5.75 Å². The van der Waals surface area contributed by atoms with Crippen LogP contribution < -0.4 is 15.9 Å². The van der Waals surface area contributed by atoms with E-state index in [9.17, 15) is 4.79 Å². The van der Waals surface area contributed by atoms with E-state index >= 15 is 0 Å². The Bertz CT molecular complexity index is 718. The molecular formula is C19H26ClN3O2. The number of aryl methyl sites for hydroxylation is 3. The molecular weight excluding hydrogens is 338 g/mol. The number of carbonyl (C=O) groups is 1. The number of anilines is 1. The van der Waals surface area contributed by atoms with E-state index in [1.165, 1.54) is 18.2 Å². The van der Waals surface area contributed by atoms with E-state index in [2.05, 4.69) is 30.4 Å². The lowest BCUT2D eigenvalue weighted by molar-refractivity contribution is -0.117. The SMILES string of the molecule is CN(N)C=O.CNc1cccc(C)c1COc1cc(Cl)c(C)cc1C. The molecule has 1 amide bonds. The molecule has 0 aliphatic rings. The number of nitrogens with two attached hydrogens (primary N) is 1. The number of ether oxygens (including phenoxy) is 1. The topological polar surface area (TPSA) is 67.6 Å². The Hall–Kier alpha value is -2.24. The monoisotopic (exact) mass is 363 g/mol. The van der Waals surface area contributed by atoms with Crippen molar-refractivity contribution in [1.29, 1.82) is 0 Å². The van der Waals surface area contributed by atoms with Gasteiger partial charge in [-0.3, -0.25) is 9.80 Å². The van der Waals surface area contributed by atoms with Gasteiger partial charge in [-0.15, -0.1) is 0 Å². The molecule has 136 valence electrons. The van der Waals surface area contributed by atoms with Gasteiger partial charge in [0.05, 0.1) is 0 Å². The van der Waals surface area contributed by atoms with Crippen molar-refractivity contribution in [2.45, 2.75) is 27.4 Å². The Kier molecular flexibility index (Phi) is 8.25. The number of hydrogen-bond donors (Lipinski definition) is 2. The second kappa shape index (κ2) is 9.91. The predicted octanol–water partition coefficient (Wildman–Crippen LogP) is 3.83. The maximum absolute atomic E-state index is 9.31. The summed E-state index contributed by atoms with van der Waals surface area (Å²) >= 11 is 6.17. The molecule has 0 saturated heterocycles. The Morgan fingerprint density at radius 2 is 1.84 bits per heavy atom. The van der Waals surface area contributed by atoms with Crippen LogP contribution in [0.4, 0.5) is 5.69 Å². The van der Waals surface area contributed by atoms with E-state index in [1.807, 2.05) is 33.0 Å². The minimum Gasteiger partial charge on any atom is -0.488 e. The van der Waals surface area contributed by atoms with Crippen molar-refractivity contribution in [2.75, 3.05) is 19.4 Å². The first kappa shape index (κ1) is 20.8. The summed E-state index contributed by atoms with van der Waals surface area (Å²) in [7, 11) is 3.39. The van der Waals surface area contributed by atoms with E-state index in [-0.39, 0.29) is 0 Å². The van der Waals surface area contributed by atoms with E-state index in [0.29, 0.717) is 13.0 Å². The molecule has 5 nitrogen and oxygen atoms in total. The largest absolute Gasteiger partial charge is 0.488 e. The van der Waals surface area contributed by atoms with Gasteiger partial charge in [-0.1, -0.05) is 29.8 Å². The molecule has 6 heteroatoms. The van der Waals surface area contributed by atoms with Crippen LogP contribution in [0.5, 0.6) is 5.75 Å². The van der Waals surface area contributed by atoms with E-state index in [0.717, 1.165) is 32.6 Å². The Morgan fingerprint density at radius 1 is 1.20 bits per heavy atom. The van der Waals surface area contributed by atoms with Gasteiger partial charge in [0.1, 0.15) is 12.4 Å². The molecule has 0 heterocycles. The van der Waals surface area contributed by atoms with Gasteiger partial charge >= 0.3 is 0 Å². The molecule has 0 unspecified atom stereocenters. The molecule has 2 rings (SSSR count). The van der Waals surface area contributed by atoms with Crippen molar-refractivity contribution >= 4 is 23.7 Å². The summed E-state index contributed by atoms with van der Waals surface area (Å²) in [6.45, 7) is 6.66. The lowest BCUT2D eigenvalue weighted by atomic mass is 10.1. The van der Waals surface area contributed by atoms with Gasteiger partial charge < -0.3 is 10.1 Å². The second-order valence-corrected chi connectivity index (χ2v) is 6.18. The summed E-state index contributed by atoms with van der Waals surface area (Å²) in [6, 6.07) is 10.1. The third-order valence-corrected chi connectivity index (χ3v) is 4.08. The normalized spacial score (nSPS) is 9.72. The van der Waals surface area contributed by atoms with Gasteiger partial charge in [-0.25, -0.2) is 5.84 Å². The van der Waals surface area contributed by atoms with Crippen LogP contribution in [0.2, 0.25) is 5.02 Å². The minimum atomic E-state index is 0.528. The number of halogens is 1. The van der Waals surface area contributed by atoms with Gasteiger partial charge in [0.25, 0.3) is 0 Å². The number of rotatable bonds is 5. The average Bonchev–Trinajstić information content (AvgIpc) is 2.58. The van der Waals surface area contributed by atoms with Crippen molar-refractivity contribution in [3.63, 3.8) is 0 Å². The molecule has 0 aliphatic heterocycles. The van der Waals surface area contributed by atoms with Gasteiger partial charge in [-0.05, 0) is 49.6 Å². The first-order valence-electron chi connectivity index (χ1n) is 7.88. The van der Waals surface area contributed by atoms with Crippen LogP contribution in [0.1, 0.15) is 22.3 Å². The summed E-state index contributed by atoms with van der Waals surface area (Å²) in [4.78, 5) is 9.31. The number of carbonyl (C=O) groups excluding carboxylic acids is 1. The molecule has 3 N–H and O–H groups in total. The molecule has 0 fully saturated rings. The number of hydrazine groups is 1. The van der Waals surface area contributed by atoms with Crippen LogP contribution in [-0.2, 0) is 11.4 Å². The zero-order chi connectivity index (χ0) is 19.0. The number of amides is 1. The fourth-order valence-electron chi connectivity index (χ4n) is 2.24. The lowest BCUT2D eigenvalue weighted by Crippen LogP contribution is -2.23. The quantitative estimate of drug-likeness (QED) is 0.366. The van der Waals surface area contributed by atoms with Crippen molar-refractivity contribution in [3.05, 3.63) is 57.6 Å². The van der Waals surface area contributed by atoms with Crippen LogP contribution in [0.3, 0.4) is 0 Å². The first-order chi connectivity index (χ1) is 11.8. The van der Waals surface area contributed by atoms with Crippen LogP contribution in [0, 0.1) is 20.8 Å². The molecule has 25 heavy (non-hydrogen) atoms. The van der Waals surface area contributed by atoms with Crippen LogP contribution in [-0.4, -0.2) is 25.5 Å². The summed E-state index contributed by atoms with van der Waals surface area (Å²) in [5.41, 5.74) is 5.66. The Morgan fingerprint density at radius 3 is 2.40 bits per heavy atom. The standard InChI is InChI=1S/C17H20ClNO.C2H6N2O/c1-11-6-5-7-16(19-4)14(11)10-20-17-9-15(18)12(2)8-13(17)3;1-4(3)2-5/h5-9,19H,10H2,1-4H3;2H,3H2,1H3. The van der Waals surface area contributed by atoms with Crippen molar-refractivity contribution in [2.24, 2.45) is 5.84 Å². The fourth-order valence-corrected chi connectivity index (χ4v) is 2.39. The van der Waals surface area contributed by atoms with Crippen LogP contribution in [0.15, 0.2) is 30.3 Å². The Balaban J connectivity index is 0.000000550. The molecule has 0 saturated carbocycles. The molecule has 0 aromatic heterocycles. The third kappa shape index (κ3) is 6.29. The zero-order valence-electron chi connectivity index (χ0n) is 15.4. The highest BCUT2D eigenvalue weighted by Gasteiger charge is 2.08. The van der Waals surface area contributed by atoms with E-state index in [1.54, 1.807) is 0 Å². The van der Waals surface area contributed by atoms with E-state index in [4.69, 9.17) is 22.2 Å². The second-order valence-electron chi connectivity index (χ2n) is 5.78. The number of hydrogen-bond acceptors (Lipinski definition) is 4. The number of nitrogens with zero attached hydrogens (tertiary/aromatic N) is 1. The molecule has 0 radical (unpaired) electrons.